The molecule has 0 saturated carbocycles. The number of anilines is 1. The second-order valence-corrected chi connectivity index (χ2v) is 4.09. The van der Waals surface area contributed by atoms with Crippen LogP contribution in [0.1, 0.15) is 17.3 Å². The molecule has 7 heteroatoms. The van der Waals surface area contributed by atoms with Crippen molar-refractivity contribution in [1.29, 1.82) is 0 Å². The van der Waals surface area contributed by atoms with Crippen LogP contribution in [0, 0.1) is 12.7 Å². The van der Waals surface area contributed by atoms with Crippen molar-refractivity contribution >= 4 is 22.9 Å². The van der Waals surface area contributed by atoms with E-state index in [0.29, 0.717) is 23.0 Å². The van der Waals surface area contributed by atoms with Gasteiger partial charge in [-0.25, -0.2) is 4.39 Å². The fraction of sp³-hybridized carbons (Fsp3) is 0.182. The molecule has 3 N–H and O–H groups in total. The van der Waals surface area contributed by atoms with Crippen LogP contribution in [-0.2, 0) is 6.54 Å². The predicted octanol–water partition coefficient (Wildman–Crippen LogP) is 1.76. The van der Waals surface area contributed by atoms with Crippen molar-refractivity contribution in [3.05, 3.63) is 41.3 Å². The minimum atomic E-state index is -0.434. The van der Waals surface area contributed by atoms with E-state index in [0.717, 1.165) is 0 Å². The zero-order valence-electron chi connectivity index (χ0n) is 9.61. The monoisotopic (exact) mass is 266 g/mol. The first-order valence-corrected chi connectivity index (χ1v) is 5.59. The molecule has 1 aromatic heterocycles. The highest BCUT2D eigenvalue weighted by atomic mass is 32.1. The van der Waals surface area contributed by atoms with Crippen molar-refractivity contribution in [3.8, 4) is 0 Å². The van der Waals surface area contributed by atoms with Crippen LogP contribution in [0.3, 0.4) is 0 Å². The van der Waals surface area contributed by atoms with Crippen LogP contribution < -0.4 is 11.1 Å². The number of nitrogens with one attached hydrogen (secondary N) is 1. The molecule has 0 aliphatic heterocycles. The summed E-state index contributed by atoms with van der Waals surface area (Å²) in [5.74, 6) is 0.498. The molecule has 1 heterocycles. The number of aryl methyl sites for hydroxylation is 1. The van der Waals surface area contributed by atoms with E-state index in [4.69, 9.17) is 22.5 Å². The zero-order chi connectivity index (χ0) is 13.1. The molecule has 1 aromatic carbocycles. The Labute approximate surface area is 108 Å². The molecule has 5 nitrogen and oxygen atoms in total. The average Bonchev–Trinajstić information content (AvgIpc) is 2.73. The van der Waals surface area contributed by atoms with Crippen molar-refractivity contribution in [2.45, 2.75) is 13.5 Å². The number of halogens is 1. The summed E-state index contributed by atoms with van der Waals surface area (Å²) in [7, 11) is 0. The lowest BCUT2D eigenvalue weighted by atomic mass is 10.2. The summed E-state index contributed by atoms with van der Waals surface area (Å²) in [4.78, 5) is 4.16. The Kier molecular flexibility index (Phi) is 3.52. The lowest BCUT2D eigenvalue weighted by Gasteiger charge is -2.06. The lowest BCUT2D eigenvalue weighted by molar-refractivity contribution is 0.379. The van der Waals surface area contributed by atoms with Gasteiger partial charge in [0.25, 0.3) is 0 Å². The number of thiocarbonyl (C=S) groups is 1. The highest BCUT2D eigenvalue weighted by Gasteiger charge is 2.07. The minimum Gasteiger partial charge on any atom is -0.389 e. The third-order valence-corrected chi connectivity index (χ3v) is 2.49. The van der Waals surface area contributed by atoms with E-state index in [9.17, 15) is 4.39 Å². The van der Waals surface area contributed by atoms with E-state index in [1.807, 2.05) is 0 Å². The Morgan fingerprint density at radius 1 is 1.56 bits per heavy atom. The second-order valence-electron chi connectivity index (χ2n) is 3.65. The first kappa shape index (κ1) is 12.4. The third kappa shape index (κ3) is 2.80. The van der Waals surface area contributed by atoms with Gasteiger partial charge < -0.3 is 15.6 Å². The summed E-state index contributed by atoms with van der Waals surface area (Å²) in [5.41, 5.74) is 6.22. The molecule has 18 heavy (non-hydrogen) atoms. The zero-order valence-corrected chi connectivity index (χ0v) is 10.4. The van der Waals surface area contributed by atoms with Gasteiger partial charge in [-0.3, -0.25) is 0 Å². The van der Waals surface area contributed by atoms with Gasteiger partial charge in [0, 0.05) is 5.56 Å². The topological polar surface area (TPSA) is 77.0 Å². The maximum absolute atomic E-state index is 13.7. The van der Waals surface area contributed by atoms with Crippen LogP contribution in [0.25, 0.3) is 0 Å². The van der Waals surface area contributed by atoms with Crippen LogP contribution in [0.2, 0.25) is 0 Å². The molecular weight excluding hydrogens is 255 g/mol. The summed E-state index contributed by atoms with van der Waals surface area (Å²) < 4.78 is 18.6. The highest BCUT2D eigenvalue weighted by molar-refractivity contribution is 7.80. The van der Waals surface area contributed by atoms with E-state index in [1.54, 1.807) is 19.1 Å². The number of nitrogens with zero attached hydrogens (tertiary/aromatic N) is 2. The smallest absolute Gasteiger partial charge is 0.245 e. The summed E-state index contributed by atoms with van der Waals surface area (Å²) in [5, 5.41) is 6.49. The Bertz CT molecular complexity index is 584. The number of benzene rings is 1. The normalized spacial score (nSPS) is 10.3. The number of nitrogens with two attached hydrogens (primary N) is 1. The number of aromatic nitrogens is 2. The lowest BCUT2D eigenvalue weighted by Crippen LogP contribution is -2.10. The molecule has 0 radical (unpaired) electrons. The molecule has 0 fully saturated rings. The second kappa shape index (κ2) is 5.09. The average molecular weight is 266 g/mol. The van der Waals surface area contributed by atoms with Gasteiger partial charge in [-0.05, 0) is 25.1 Å². The minimum absolute atomic E-state index is 0.160. The largest absolute Gasteiger partial charge is 0.389 e. The summed E-state index contributed by atoms with van der Waals surface area (Å²) in [6, 6.07) is 4.49. The Hall–Kier alpha value is -2.02. The molecular formula is C11H11FN4OS. The molecule has 0 unspecified atom stereocenters. The van der Waals surface area contributed by atoms with E-state index in [2.05, 4.69) is 15.5 Å². The van der Waals surface area contributed by atoms with Crippen LogP contribution in [-0.4, -0.2) is 15.1 Å². The predicted molar refractivity (Wildman–Crippen MR) is 68.6 cm³/mol. The standard InChI is InChI=1S/C11H11FN4OS/c1-6-15-10(17-16-6)5-14-9-3-2-7(11(13)18)4-8(9)12/h2-4,14H,5H2,1H3,(H2,13,18). The van der Waals surface area contributed by atoms with Gasteiger partial charge in [-0.1, -0.05) is 17.4 Å². The first-order valence-electron chi connectivity index (χ1n) is 5.18. The van der Waals surface area contributed by atoms with Crippen molar-refractivity contribution in [1.82, 2.24) is 10.1 Å². The van der Waals surface area contributed by atoms with Gasteiger partial charge in [0.15, 0.2) is 5.82 Å². The fourth-order valence-corrected chi connectivity index (χ4v) is 1.52. The molecule has 0 atom stereocenters. The van der Waals surface area contributed by atoms with Crippen molar-refractivity contribution in [2.24, 2.45) is 5.73 Å². The van der Waals surface area contributed by atoms with Crippen molar-refractivity contribution in [2.75, 3.05) is 5.32 Å². The molecule has 0 aliphatic carbocycles. The molecule has 0 saturated heterocycles. The van der Waals surface area contributed by atoms with Crippen LogP contribution in [0.15, 0.2) is 22.7 Å². The molecule has 0 bridgehead atoms. The summed E-state index contributed by atoms with van der Waals surface area (Å²) in [6.07, 6.45) is 0. The fourth-order valence-electron chi connectivity index (χ4n) is 1.39. The summed E-state index contributed by atoms with van der Waals surface area (Å²) in [6.45, 7) is 1.97. The molecule has 2 aromatic rings. The highest BCUT2D eigenvalue weighted by Crippen LogP contribution is 2.16. The number of hydrogen-bond acceptors (Lipinski definition) is 5. The van der Waals surface area contributed by atoms with E-state index < -0.39 is 5.82 Å². The van der Waals surface area contributed by atoms with E-state index in [1.165, 1.54) is 6.07 Å². The number of hydrogen-bond donors (Lipinski definition) is 2. The van der Waals surface area contributed by atoms with Gasteiger partial charge >= 0.3 is 0 Å². The van der Waals surface area contributed by atoms with Gasteiger partial charge in [0.1, 0.15) is 10.8 Å². The summed E-state index contributed by atoms with van der Waals surface area (Å²) >= 11 is 4.77. The van der Waals surface area contributed by atoms with E-state index >= 15 is 0 Å². The number of rotatable bonds is 4. The molecule has 2 rings (SSSR count). The van der Waals surface area contributed by atoms with Crippen molar-refractivity contribution < 1.29 is 8.91 Å². The maximum atomic E-state index is 13.7. The quantitative estimate of drug-likeness (QED) is 0.821. The Morgan fingerprint density at radius 3 is 2.89 bits per heavy atom. The van der Waals surface area contributed by atoms with Crippen LogP contribution >= 0.6 is 12.2 Å². The third-order valence-electron chi connectivity index (χ3n) is 2.25. The van der Waals surface area contributed by atoms with Gasteiger partial charge in [-0.15, -0.1) is 0 Å². The maximum Gasteiger partial charge on any atom is 0.245 e. The first-order chi connectivity index (χ1) is 8.56. The molecule has 0 spiro atoms. The van der Waals surface area contributed by atoms with Gasteiger partial charge in [0.2, 0.25) is 5.89 Å². The molecule has 94 valence electrons. The Balaban J connectivity index is 2.08. The SMILES string of the molecule is Cc1noc(CNc2ccc(C(N)=S)cc2F)n1. The van der Waals surface area contributed by atoms with Crippen LogP contribution in [0.4, 0.5) is 10.1 Å². The van der Waals surface area contributed by atoms with E-state index in [-0.39, 0.29) is 11.5 Å². The van der Waals surface area contributed by atoms with Crippen molar-refractivity contribution in [3.63, 3.8) is 0 Å². The van der Waals surface area contributed by atoms with Crippen LogP contribution in [0.5, 0.6) is 0 Å². The molecule has 0 aliphatic rings. The van der Waals surface area contributed by atoms with Gasteiger partial charge in [-0.2, -0.15) is 4.98 Å². The molecule has 0 amide bonds. The Morgan fingerprint density at radius 2 is 2.33 bits per heavy atom. The van der Waals surface area contributed by atoms with Gasteiger partial charge in [0.05, 0.1) is 12.2 Å².